The van der Waals surface area contributed by atoms with Crippen LogP contribution < -0.4 is 5.32 Å². The second-order valence-corrected chi connectivity index (χ2v) is 6.41. The summed E-state index contributed by atoms with van der Waals surface area (Å²) in [6.45, 7) is 9.63. The standard InChI is InChI=1S/C15H31N/c1-6-7-12(2)8-9-13-10-11-14(16-5)15(13,3)4/h12-14,16H,6-11H2,1-5H3/t12-,13+,14-/m0/s1. The van der Waals surface area contributed by atoms with Gasteiger partial charge in [0.2, 0.25) is 0 Å². The van der Waals surface area contributed by atoms with E-state index in [9.17, 15) is 0 Å². The molecular formula is C15H31N. The Balaban J connectivity index is 2.38. The predicted molar refractivity (Wildman–Crippen MR) is 72.7 cm³/mol. The van der Waals surface area contributed by atoms with E-state index in [0.29, 0.717) is 5.41 Å². The SMILES string of the molecule is CCC[C@H](C)CC[C@@H]1CC[C@H](NC)C1(C)C. The van der Waals surface area contributed by atoms with Crippen LogP contribution in [0, 0.1) is 17.3 Å². The molecule has 1 fully saturated rings. The summed E-state index contributed by atoms with van der Waals surface area (Å²) in [5.74, 6) is 1.86. The highest BCUT2D eigenvalue weighted by Gasteiger charge is 2.41. The van der Waals surface area contributed by atoms with E-state index >= 15 is 0 Å². The highest BCUT2D eigenvalue weighted by molar-refractivity contribution is 4.95. The van der Waals surface area contributed by atoms with Gasteiger partial charge in [-0.1, -0.05) is 47.0 Å². The molecule has 16 heavy (non-hydrogen) atoms. The van der Waals surface area contributed by atoms with Crippen LogP contribution in [0.5, 0.6) is 0 Å². The van der Waals surface area contributed by atoms with Crippen LogP contribution in [0.4, 0.5) is 0 Å². The Labute approximate surface area is 102 Å². The molecule has 0 aliphatic heterocycles. The molecular weight excluding hydrogens is 194 g/mol. The van der Waals surface area contributed by atoms with Gasteiger partial charge in [-0.3, -0.25) is 0 Å². The fourth-order valence-electron chi connectivity index (χ4n) is 3.55. The minimum absolute atomic E-state index is 0.501. The van der Waals surface area contributed by atoms with Crippen molar-refractivity contribution in [3.63, 3.8) is 0 Å². The monoisotopic (exact) mass is 225 g/mol. The Bertz CT molecular complexity index is 198. The van der Waals surface area contributed by atoms with Crippen molar-refractivity contribution in [2.75, 3.05) is 7.05 Å². The number of hydrogen-bond acceptors (Lipinski definition) is 1. The molecule has 0 aromatic heterocycles. The molecule has 1 aliphatic rings. The van der Waals surface area contributed by atoms with Gasteiger partial charge in [-0.05, 0) is 43.6 Å². The van der Waals surface area contributed by atoms with Crippen LogP contribution in [0.25, 0.3) is 0 Å². The molecule has 1 heteroatoms. The Hall–Kier alpha value is -0.0400. The van der Waals surface area contributed by atoms with Gasteiger partial charge in [0.15, 0.2) is 0 Å². The Morgan fingerprint density at radius 2 is 1.94 bits per heavy atom. The van der Waals surface area contributed by atoms with Crippen molar-refractivity contribution < 1.29 is 0 Å². The first-order chi connectivity index (χ1) is 7.52. The smallest absolute Gasteiger partial charge is 0.0118 e. The van der Waals surface area contributed by atoms with Crippen molar-refractivity contribution in [3.8, 4) is 0 Å². The van der Waals surface area contributed by atoms with Gasteiger partial charge in [0, 0.05) is 6.04 Å². The molecule has 1 rings (SSSR count). The van der Waals surface area contributed by atoms with Crippen molar-refractivity contribution in [3.05, 3.63) is 0 Å². The molecule has 0 unspecified atom stereocenters. The van der Waals surface area contributed by atoms with Crippen molar-refractivity contribution in [2.45, 2.75) is 72.3 Å². The van der Waals surface area contributed by atoms with Gasteiger partial charge in [0.05, 0.1) is 0 Å². The maximum Gasteiger partial charge on any atom is 0.0118 e. The van der Waals surface area contributed by atoms with Gasteiger partial charge in [0.1, 0.15) is 0 Å². The maximum absolute atomic E-state index is 3.50. The molecule has 1 aliphatic carbocycles. The summed E-state index contributed by atoms with van der Waals surface area (Å²) in [5.41, 5.74) is 0.501. The lowest BCUT2D eigenvalue weighted by atomic mass is 9.76. The molecule has 0 amide bonds. The fourth-order valence-corrected chi connectivity index (χ4v) is 3.55. The predicted octanol–water partition coefficient (Wildman–Crippen LogP) is 4.23. The van der Waals surface area contributed by atoms with Gasteiger partial charge in [-0.15, -0.1) is 0 Å². The van der Waals surface area contributed by atoms with Crippen LogP contribution >= 0.6 is 0 Å². The average molecular weight is 225 g/mol. The quantitative estimate of drug-likeness (QED) is 0.713. The fraction of sp³-hybridized carbons (Fsp3) is 1.00. The van der Waals surface area contributed by atoms with Crippen molar-refractivity contribution in [1.82, 2.24) is 5.32 Å². The van der Waals surface area contributed by atoms with E-state index in [2.05, 4.69) is 40.1 Å². The normalized spacial score (nSPS) is 30.6. The van der Waals surface area contributed by atoms with E-state index in [4.69, 9.17) is 0 Å². The van der Waals surface area contributed by atoms with Crippen LogP contribution in [0.3, 0.4) is 0 Å². The first kappa shape index (κ1) is 14.0. The lowest BCUT2D eigenvalue weighted by Gasteiger charge is -2.33. The zero-order valence-corrected chi connectivity index (χ0v) is 12.0. The Kier molecular flexibility index (Phi) is 5.30. The third-order valence-electron chi connectivity index (χ3n) is 4.89. The average Bonchev–Trinajstić information content (AvgIpc) is 2.50. The van der Waals surface area contributed by atoms with E-state index in [1.54, 1.807) is 0 Å². The molecule has 96 valence electrons. The van der Waals surface area contributed by atoms with E-state index < -0.39 is 0 Å². The number of rotatable bonds is 6. The molecule has 1 N–H and O–H groups in total. The summed E-state index contributed by atoms with van der Waals surface area (Å²) in [6.07, 6.45) is 8.41. The molecule has 1 nitrogen and oxygen atoms in total. The van der Waals surface area contributed by atoms with E-state index in [1.165, 1.54) is 38.5 Å². The highest BCUT2D eigenvalue weighted by Crippen LogP contribution is 2.45. The molecule has 3 atom stereocenters. The molecule has 1 saturated carbocycles. The van der Waals surface area contributed by atoms with E-state index in [1.807, 2.05) is 0 Å². The summed E-state index contributed by atoms with van der Waals surface area (Å²) < 4.78 is 0. The van der Waals surface area contributed by atoms with Crippen molar-refractivity contribution in [2.24, 2.45) is 17.3 Å². The number of nitrogens with one attached hydrogen (secondary N) is 1. The molecule has 0 heterocycles. The minimum Gasteiger partial charge on any atom is -0.316 e. The van der Waals surface area contributed by atoms with Crippen LogP contribution in [-0.2, 0) is 0 Å². The third kappa shape index (κ3) is 3.23. The summed E-state index contributed by atoms with van der Waals surface area (Å²) >= 11 is 0. The lowest BCUT2D eigenvalue weighted by molar-refractivity contribution is 0.193. The first-order valence-corrected chi connectivity index (χ1v) is 7.19. The van der Waals surface area contributed by atoms with Crippen LogP contribution in [-0.4, -0.2) is 13.1 Å². The van der Waals surface area contributed by atoms with E-state index in [0.717, 1.165) is 17.9 Å². The van der Waals surface area contributed by atoms with Gasteiger partial charge in [-0.25, -0.2) is 0 Å². The molecule has 0 aromatic rings. The maximum atomic E-state index is 3.50. The van der Waals surface area contributed by atoms with Crippen molar-refractivity contribution in [1.29, 1.82) is 0 Å². The molecule has 0 spiro atoms. The molecule has 0 saturated heterocycles. The molecule has 0 radical (unpaired) electrons. The second-order valence-electron chi connectivity index (χ2n) is 6.41. The lowest BCUT2D eigenvalue weighted by Crippen LogP contribution is -2.38. The summed E-state index contributed by atoms with van der Waals surface area (Å²) in [4.78, 5) is 0. The zero-order chi connectivity index (χ0) is 12.2. The molecule has 0 bridgehead atoms. The topological polar surface area (TPSA) is 12.0 Å². The highest BCUT2D eigenvalue weighted by atomic mass is 14.9. The van der Waals surface area contributed by atoms with Crippen LogP contribution in [0.15, 0.2) is 0 Å². The third-order valence-corrected chi connectivity index (χ3v) is 4.89. The van der Waals surface area contributed by atoms with E-state index in [-0.39, 0.29) is 0 Å². The minimum atomic E-state index is 0.501. The molecule has 0 aromatic carbocycles. The summed E-state index contributed by atoms with van der Waals surface area (Å²) in [6, 6.07) is 0.735. The van der Waals surface area contributed by atoms with Gasteiger partial charge in [0.25, 0.3) is 0 Å². The Morgan fingerprint density at radius 1 is 1.25 bits per heavy atom. The number of hydrogen-bond donors (Lipinski definition) is 1. The van der Waals surface area contributed by atoms with Gasteiger partial charge >= 0.3 is 0 Å². The van der Waals surface area contributed by atoms with Crippen molar-refractivity contribution >= 4 is 0 Å². The zero-order valence-electron chi connectivity index (χ0n) is 12.0. The van der Waals surface area contributed by atoms with Gasteiger partial charge in [-0.2, -0.15) is 0 Å². The Morgan fingerprint density at radius 3 is 2.44 bits per heavy atom. The first-order valence-electron chi connectivity index (χ1n) is 7.19. The van der Waals surface area contributed by atoms with Crippen LogP contribution in [0.2, 0.25) is 0 Å². The largest absolute Gasteiger partial charge is 0.316 e. The van der Waals surface area contributed by atoms with Crippen LogP contribution in [0.1, 0.15) is 66.2 Å². The second kappa shape index (κ2) is 6.05. The van der Waals surface area contributed by atoms with Gasteiger partial charge < -0.3 is 5.32 Å². The summed E-state index contributed by atoms with van der Waals surface area (Å²) in [7, 11) is 2.12. The summed E-state index contributed by atoms with van der Waals surface area (Å²) in [5, 5.41) is 3.50.